The van der Waals surface area contributed by atoms with E-state index < -0.39 is 5.60 Å². The Hall–Kier alpha value is -1.88. The first-order valence-corrected chi connectivity index (χ1v) is 4.96. The number of aromatic nitrogens is 3. The van der Waals surface area contributed by atoms with Crippen LogP contribution in [0.5, 0.6) is 0 Å². The number of anilines is 1. The molecule has 2 aromatic rings. The van der Waals surface area contributed by atoms with Gasteiger partial charge in [0.25, 0.3) is 0 Å². The lowest BCUT2D eigenvalue weighted by molar-refractivity contribution is 0.0785. The van der Waals surface area contributed by atoms with E-state index in [0.29, 0.717) is 5.69 Å². The molecular formula is C11H14N4O. The molecule has 0 bridgehead atoms. The summed E-state index contributed by atoms with van der Waals surface area (Å²) in [5.74, 6) is 0. The van der Waals surface area contributed by atoms with Gasteiger partial charge in [0.15, 0.2) is 0 Å². The summed E-state index contributed by atoms with van der Waals surface area (Å²) in [6.45, 7) is 3.42. The van der Waals surface area contributed by atoms with E-state index in [2.05, 4.69) is 10.1 Å². The Morgan fingerprint density at radius 2 is 2.12 bits per heavy atom. The third kappa shape index (κ3) is 1.90. The van der Waals surface area contributed by atoms with Gasteiger partial charge in [0.2, 0.25) is 0 Å². The van der Waals surface area contributed by atoms with Crippen LogP contribution in [0.2, 0.25) is 0 Å². The molecule has 84 valence electrons. The molecule has 0 radical (unpaired) electrons. The highest BCUT2D eigenvalue weighted by Gasteiger charge is 2.21. The average molecular weight is 218 g/mol. The number of hydrogen-bond donors (Lipinski definition) is 2. The van der Waals surface area contributed by atoms with Gasteiger partial charge >= 0.3 is 0 Å². The molecule has 0 saturated heterocycles. The quantitative estimate of drug-likeness (QED) is 0.739. The summed E-state index contributed by atoms with van der Waals surface area (Å²) in [7, 11) is 0. The molecule has 5 nitrogen and oxygen atoms in total. The molecular weight excluding hydrogens is 204 g/mol. The van der Waals surface area contributed by atoms with Crippen molar-refractivity contribution >= 4 is 5.69 Å². The lowest BCUT2D eigenvalue weighted by Gasteiger charge is -2.21. The number of aliphatic hydroxyl groups is 1. The topological polar surface area (TPSA) is 77.0 Å². The van der Waals surface area contributed by atoms with E-state index in [4.69, 9.17) is 5.73 Å². The van der Waals surface area contributed by atoms with Crippen molar-refractivity contribution in [1.29, 1.82) is 0 Å². The Kier molecular flexibility index (Phi) is 2.40. The standard InChI is InChI=1S/C11H14N4O/c1-11(2,16)9-5-8(12)3-4-10(9)15-7-13-6-14-15/h3-7,16H,12H2,1-2H3. The van der Waals surface area contributed by atoms with Crippen LogP contribution in [0.3, 0.4) is 0 Å². The average Bonchev–Trinajstić information content (AvgIpc) is 2.69. The summed E-state index contributed by atoms with van der Waals surface area (Å²) in [5.41, 5.74) is 6.86. The highest BCUT2D eigenvalue weighted by molar-refractivity contribution is 5.53. The van der Waals surface area contributed by atoms with E-state index in [9.17, 15) is 5.11 Å². The maximum absolute atomic E-state index is 10.1. The van der Waals surface area contributed by atoms with Gasteiger partial charge in [-0.05, 0) is 32.0 Å². The van der Waals surface area contributed by atoms with Crippen molar-refractivity contribution < 1.29 is 5.11 Å². The first-order valence-electron chi connectivity index (χ1n) is 4.96. The zero-order valence-corrected chi connectivity index (χ0v) is 9.25. The Morgan fingerprint density at radius 3 is 2.69 bits per heavy atom. The molecule has 0 unspecified atom stereocenters. The van der Waals surface area contributed by atoms with E-state index in [1.54, 1.807) is 37.0 Å². The van der Waals surface area contributed by atoms with Crippen molar-refractivity contribution in [1.82, 2.24) is 14.8 Å². The lowest BCUT2D eigenvalue weighted by Crippen LogP contribution is -2.19. The van der Waals surface area contributed by atoms with Gasteiger partial charge in [0.05, 0.1) is 11.3 Å². The van der Waals surface area contributed by atoms with Gasteiger partial charge < -0.3 is 10.8 Å². The zero-order valence-electron chi connectivity index (χ0n) is 9.25. The molecule has 5 heteroatoms. The summed E-state index contributed by atoms with van der Waals surface area (Å²) in [6, 6.07) is 5.33. The molecule has 0 fully saturated rings. The van der Waals surface area contributed by atoms with Crippen LogP contribution in [0.1, 0.15) is 19.4 Å². The summed E-state index contributed by atoms with van der Waals surface area (Å²) >= 11 is 0. The minimum absolute atomic E-state index is 0.612. The van der Waals surface area contributed by atoms with Crippen LogP contribution in [0.15, 0.2) is 30.9 Å². The van der Waals surface area contributed by atoms with Gasteiger partial charge in [-0.3, -0.25) is 0 Å². The van der Waals surface area contributed by atoms with Crippen LogP contribution < -0.4 is 5.73 Å². The molecule has 2 rings (SSSR count). The van der Waals surface area contributed by atoms with Crippen molar-refractivity contribution in [2.24, 2.45) is 0 Å². The highest BCUT2D eigenvalue weighted by Crippen LogP contribution is 2.27. The van der Waals surface area contributed by atoms with Crippen LogP contribution in [0.4, 0.5) is 5.69 Å². The highest BCUT2D eigenvalue weighted by atomic mass is 16.3. The number of benzene rings is 1. The van der Waals surface area contributed by atoms with Crippen LogP contribution >= 0.6 is 0 Å². The van der Waals surface area contributed by atoms with Gasteiger partial charge in [-0.2, -0.15) is 5.10 Å². The molecule has 0 spiro atoms. The first kappa shape index (κ1) is 10.6. The predicted octanol–water partition coefficient (Wildman–Crippen LogP) is 1.08. The lowest BCUT2D eigenvalue weighted by atomic mass is 9.96. The monoisotopic (exact) mass is 218 g/mol. The van der Waals surface area contributed by atoms with Crippen molar-refractivity contribution in [2.45, 2.75) is 19.4 Å². The fraction of sp³-hybridized carbons (Fsp3) is 0.273. The van der Waals surface area contributed by atoms with E-state index in [0.717, 1.165) is 11.3 Å². The van der Waals surface area contributed by atoms with Gasteiger partial charge in [-0.25, -0.2) is 9.67 Å². The predicted molar refractivity (Wildman–Crippen MR) is 61.0 cm³/mol. The second kappa shape index (κ2) is 3.61. The van der Waals surface area contributed by atoms with Crippen molar-refractivity contribution in [3.63, 3.8) is 0 Å². The second-order valence-electron chi connectivity index (χ2n) is 4.18. The molecule has 0 aliphatic heterocycles. The largest absolute Gasteiger partial charge is 0.399 e. The van der Waals surface area contributed by atoms with Gasteiger partial charge in [0.1, 0.15) is 12.7 Å². The third-order valence-electron chi connectivity index (χ3n) is 2.35. The molecule has 0 aliphatic carbocycles. The second-order valence-corrected chi connectivity index (χ2v) is 4.18. The Balaban J connectivity index is 2.62. The smallest absolute Gasteiger partial charge is 0.138 e. The minimum Gasteiger partial charge on any atom is -0.399 e. The molecule has 0 atom stereocenters. The first-order chi connectivity index (χ1) is 7.48. The van der Waals surface area contributed by atoms with Crippen molar-refractivity contribution in [3.8, 4) is 5.69 Å². The maximum atomic E-state index is 10.1. The summed E-state index contributed by atoms with van der Waals surface area (Å²) in [4.78, 5) is 3.88. The van der Waals surface area contributed by atoms with E-state index in [1.807, 2.05) is 6.07 Å². The van der Waals surface area contributed by atoms with Gasteiger partial charge in [-0.15, -0.1) is 0 Å². The summed E-state index contributed by atoms with van der Waals surface area (Å²) in [6.07, 6.45) is 3.03. The number of nitrogens with two attached hydrogens (primary N) is 1. The normalized spacial score (nSPS) is 11.7. The number of nitrogens with zero attached hydrogens (tertiary/aromatic N) is 3. The molecule has 0 saturated carbocycles. The summed E-state index contributed by atoms with van der Waals surface area (Å²) < 4.78 is 1.60. The van der Waals surface area contributed by atoms with Crippen LogP contribution in [-0.2, 0) is 5.60 Å². The van der Waals surface area contributed by atoms with Crippen LogP contribution in [-0.4, -0.2) is 19.9 Å². The fourth-order valence-electron chi connectivity index (χ4n) is 1.58. The Bertz CT molecular complexity index is 485. The maximum Gasteiger partial charge on any atom is 0.138 e. The van der Waals surface area contributed by atoms with Gasteiger partial charge in [-0.1, -0.05) is 0 Å². The molecule has 1 aromatic carbocycles. The fourth-order valence-corrected chi connectivity index (χ4v) is 1.58. The zero-order chi connectivity index (χ0) is 11.8. The van der Waals surface area contributed by atoms with Crippen LogP contribution in [0, 0.1) is 0 Å². The number of hydrogen-bond acceptors (Lipinski definition) is 4. The molecule has 0 aliphatic rings. The Labute approximate surface area is 93.5 Å². The molecule has 1 aromatic heterocycles. The molecule has 16 heavy (non-hydrogen) atoms. The van der Waals surface area contributed by atoms with Crippen LogP contribution in [0.25, 0.3) is 5.69 Å². The SMILES string of the molecule is CC(C)(O)c1cc(N)ccc1-n1cncn1. The van der Waals surface area contributed by atoms with E-state index in [1.165, 1.54) is 6.33 Å². The minimum atomic E-state index is -0.976. The number of nitrogen functional groups attached to an aromatic ring is 1. The number of rotatable bonds is 2. The molecule has 1 heterocycles. The molecule has 3 N–H and O–H groups in total. The summed E-state index contributed by atoms with van der Waals surface area (Å²) in [5, 5.41) is 14.1. The Morgan fingerprint density at radius 1 is 1.38 bits per heavy atom. The van der Waals surface area contributed by atoms with Gasteiger partial charge in [0, 0.05) is 11.3 Å². The van der Waals surface area contributed by atoms with E-state index in [-0.39, 0.29) is 0 Å². The third-order valence-corrected chi connectivity index (χ3v) is 2.35. The van der Waals surface area contributed by atoms with E-state index >= 15 is 0 Å². The van der Waals surface area contributed by atoms with Crippen molar-refractivity contribution in [3.05, 3.63) is 36.4 Å². The van der Waals surface area contributed by atoms with Crippen molar-refractivity contribution in [2.75, 3.05) is 5.73 Å². The molecule has 0 amide bonds.